The summed E-state index contributed by atoms with van der Waals surface area (Å²) in [6.07, 6.45) is 1.18. The molecule has 0 spiro atoms. The third kappa shape index (κ3) is 6.00. The van der Waals surface area contributed by atoms with Gasteiger partial charge in [-0.05, 0) is 37.3 Å². The van der Waals surface area contributed by atoms with Crippen molar-refractivity contribution >= 4 is 58.7 Å². The first-order valence-corrected chi connectivity index (χ1v) is 9.90. The molecule has 0 unspecified atom stereocenters. The average Bonchev–Trinajstić information content (AvgIpc) is 3.04. The highest BCUT2D eigenvalue weighted by molar-refractivity contribution is 6.36. The number of halogens is 2. The Kier molecular flexibility index (Phi) is 7.53. The van der Waals surface area contributed by atoms with Crippen LogP contribution >= 0.6 is 23.2 Å². The molecule has 0 fully saturated rings. The maximum Gasteiger partial charge on any atom is 0.345 e. The van der Waals surface area contributed by atoms with Gasteiger partial charge in [0.2, 0.25) is 5.88 Å². The molecule has 31 heavy (non-hydrogen) atoms. The number of rotatable bonds is 7. The second-order valence-corrected chi connectivity index (χ2v) is 6.84. The fraction of sp³-hybridized carbons (Fsp3) is 0.0952. The predicted molar refractivity (Wildman–Crippen MR) is 121 cm³/mol. The number of carbonyl (C=O) groups excluding carboxylic acids is 2. The van der Waals surface area contributed by atoms with Crippen LogP contribution in [-0.4, -0.2) is 24.8 Å². The van der Waals surface area contributed by atoms with E-state index in [2.05, 4.69) is 21.2 Å². The lowest BCUT2D eigenvalue weighted by Crippen LogP contribution is -2.24. The van der Waals surface area contributed by atoms with Crippen LogP contribution in [0.2, 0.25) is 10.0 Å². The molecule has 0 aliphatic heterocycles. The molecule has 3 rings (SSSR count). The molecule has 0 atom stereocenters. The van der Waals surface area contributed by atoms with Crippen molar-refractivity contribution in [3.8, 4) is 0 Å². The zero-order valence-corrected chi connectivity index (χ0v) is 17.8. The van der Waals surface area contributed by atoms with Crippen LogP contribution < -0.4 is 16.1 Å². The van der Waals surface area contributed by atoms with Gasteiger partial charge >= 0.3 is 12.0 Å². The Morgan fingerprint density at radius 1 is 1.10 bits per heavy atom. The average molecular weight is 461 g/mol. The minimum absolute atomic E-state index is 0.00122. The topological polar surface area (TPSA) is 105 Å². The molecular formula is C21H18Cl2N4O4. The molecule has 160 valence electrons. The molecule has 0 bridgehead atoms. The first-order valence-electron chi connectivity index (χ1n) is 9.15. The number of benzene rings is 2. The number of urea groups is 1. The van der Waals surface area contributed by atoms with Crippen LogP contribution in [-0.2, 0) is 4.74 Å². The maximum absolute atomic E-state index is 12.4. The number of hydrazone groups is 1. The molecule has 0 aliphatic carbocycles. The SMILES string of the molecule is CCOC(=O)c1c(Nc2cccc(Cl)c2)oc(/C=N\NC(=O)Nc2ccccc2)c1Cl. The standard InChI is InChI=1S/C21H18Cl2N4O4/c1-2-30-20(28)17-18(23)16(31-19(17)25-15-10-6-7-13(22)11-15)12-24-27-21(29)26-14-8-4-3-5-9-14/h3-12,25H,2H2,1H3,(H2,26,27,29)/b24-12-. The van der Waals surface area contributed by atoms with E-state index in [4.69, 9.17) is 32.4 Å². The first-order chi connectivity index (χ1) is 15.0. The van der Waals surface area contributed by atoms with E-state index in [1.807, 2.05) is 6.07 Å². The zero-order valence-electron chi connectivity index (χ0n) is 16.3. The van der Waals surface area contributed by atoms with Crippen LogP contribution in [0.4, 0.5) is 22.1 Å². The third-order valence-corrected chi connectivity index (χ3v) is 4.43. The summed E-state index contributed by atoms with van der Waals surface area (Å²) in [4.78, 5) is 24.3. The van der Waals surface area contributed by atoms with Crippen molar-refractivity contribution < 1.29 is 18.7 Å². The van der Waals surface area contributed by atoms with Gasteiger partial charge in [-0.2, -0.15) is 5.10 Å². The quantitative estimate of drug-likeness (QED) is 0.239. The van der Waals surface area contributed by atoms with Gasteiger partial charge in [0.05, 0.1) is 12.8 Å². The molecule has 0 radical (unpaired) electrons. The number of nitrogens with one attached hydrogen (secondary N) is 3. The van der Waals surface area contributed by atoms with E-state index in [1.54, 1.807) is 55.5 Å². The van der Waals surface area contributed by atoms with Crippen LogP contribution in [0, 0.1) is 0 Å². The van der Waals surface area contributed by atoms with Crippen molar-refractivity contribution in [2.24, 2.45) is 5.10 Å². The minimum Gasteiger partial charge on any atom is -0.462 e. The lowest BCUT2D eigenvalue weighted by Gasteiger charge is -2.06. The van der Waals surface area contributed by atoms with E-state index in [0.29, 0.717) is 16.4 Å². The molecule has 3 N–H and O–H groups in total. The van der Waals surface area contributed by atoms with Gasteiger partial charge in [0.1, 0.15) is 10.6 Å². The van der Waals surface area contributed by atoms with E-state index in [9.17, 15) is 9.59 Å². The second kappa shape index (κ2) is 10.5. The highest BCUT2D eigenvalue weighted by Gasteiger charge is 2.25. The maximum atomic E-state index is 12.4. The van der Waals surface area contributed by atoms with Gasteiger partial charge in [0.25, 0.3) is 0 Å². The predicted octanol–water partition coefficient (Wildman–Crippen LogP) is 5.66. The summed E-state index contributed by atoms with van der Waals surface area (Å²) in [5.41, 5.74) is 3.47. The number of hydrogen-bond acceptors (Lipinski definition) is 6. The van der Waals surface area contributed by atoms with Crippen LogP contribution in [0.3, 0.4) is 0 Å². The summed E-state index contributed by atoms with van der Waals surface area (Å²) in [7, 11) is 0. The van der Waals surface area contributed by atoms with Crippen molar-refractivity contribution in [1.82, 2.24) is 5.43 Å². The molecule has 1 aromatic heterocycles. The molecule has 0 saturated carbocycles. The van der Waals surface area contributed by atoms with Gasteiger partial charge in [-0.3, -0.25) is 0 Å². The fourth-order valence-electron chi connectivity index (χ4n) is 2.51. The summed E-state index contributed by atoms with van der Waals surface area (Å²) in [6, 6.07) is 15.1. The Morgan fingerprint density at radius 3 is 2.55 bits per heavy atom. The van der Waals surface area contributed by atoms with Crippen molar-refractivity contribution in [2.75, 3.05) is 17.2 Å². The monoisotopic (exact) mass is 460 g/mol. The number of nitrogens with zero attached hydrogens (tertiary/aromatic N) is 1. The second-order valence-electron chi connectivity index (χ2n) is 6.03. The number of esters is 1. The molecule has 10 heteroatoms. The Balaban J connectivity index is 1.78. The highest BCUT2D eigenvalue weighted by atomic mass is 35.5. The molecular weight excluding hydrogens is 443 g/mol. The summed E-state index contributed by atoms with van der Waals surface area (Å²) >= 11 is 12.3. The Hall–Kier alpha value is -3.49. The summed E-state index contributed by atoms with van der Waals surface area (Å²) < 4.78 is 10.7. The number of furan rings is 1. The van der Waals surface area contributed by atoms with Gasteiger partial charge in [-0.15, -0.1) is 0 Å². The number of anilines is 3. The largest absolute Gasteiger partial charge is 0.462 e. The van der Waals surface area contributed by atoms with E-state index >= 15 is 0 Å². The number of ether oxygens (including phenoxy) is 1. The van der Waals surface area contributed by atoms with Gasteiger partial charge in [0.15, 0.2) is 5.76 Å². The van der Waals surface area contributed by atoms with Gasteiger partial charge in [-0.1, -0.05) is 47.5 Å². The normalized spacial score (nSPS) is 10.7. The van der Waals surface area contributed by atoms with E-state index in [-0.39, 0.29) is 28.8 Å². The van der Waals surface area contributed by atoms with E-state index in [1.165, 1.54) is 6.21 Å². The molecule has 2 aromatic carbocycles. The van der Waals surface area contributed by atoms with Crippen molar-refractivity contribution in [2.45, 2.75) is 6.92 Å². The smallest absolute Gasteiger partial charge is 0.345 e. The van der Waals surface area contributed by atoms with E-state index < -0.39 is 12.0 Å². The third-order valence-electron chi connectivity index (χ3n) is 3.82. The Morgan fingerprint density at radius 2 is 1.84 bits per heavy atom. The van der Waals surface area contributed by atoms with Crippen LogP contribution in [0.25, 0.3) is 0 Å². The van der Waals surface area contributed by atoms with Gasteiger partial charge in [-0.25, -0.2) is 15.0 Å². The van der Waals surface area contributed by atoms with Crippen LogP contribution in [0.5, 0.6) is 0 Å². The molecule has 1 heterocycles. The van der Waals surface area contributed by atoms with Crippen molar-refractivity contribution in [1.29, 1.82) is 0 Å². The van der Waals surface area contributed by atoms with Crippen molar-refractivity contribution in [3.05, 3.63) is 76.0 Å². The number of hydrogen-bond donors (Lipinski definition) is 3. The van der Waals surface area contributed by atoms with Crippen molar-refractivity contribution in [3.63, 3.8) is 0 Å². The fourth-order valence-corrected chi connectivity index (χ4v) is 2.95. The number of amides is 2. The lowest BCUT2D eigenvalue weighted by molar-refractivity contribution is 0.0527. The Bertz CT molecular complexity index is 1100. The minimum atomic E-state index is -0.671. The van der Waals surface area contributed by atoms with E-state index in [0.717, 1.165) is 0 Å². The van der Waals surface area contributed by atoms with Crippen LogP contribution in [0.1, 0.15) is 23.0 Å². The summed E-state index contributed by atoms with van der Waals surface area (Å²) in [5.74, 6) is -0.564. The first kappa shape index (κ1) is 22.2. The summed E-state index contributed by atoms with van der Waals surface area (Å²) in [6.45, 7) is 1.83. The van der Waals surface area contributed by atoms with Gasteiger partial charge in [0, 0.05) is 16.4 Å². The lowest BCUT2D eigenvalue weighted by atomic mass is 10.2. The summed E-state index contributed by atoms with van der Waals surface area (Å²) in [5, 5.41) is 9.85. The molecule has 2 amide bonds. The Labute approximate surface area is 188 Å². The number of carbonyl (C=O) groups is 2. The van der Waals surface area contributed by atoms with Gasteiger partial charge < -0.3 is 19.8 Å². The molecule has 3 aromatic rings. The molecule has 0 aliphatic rings. The zero-order chi connectivity index (χ0) is 22.2. The molecule has 0 saturated heterocycles. The highest BCUT2D eigenvalue weighted by Crippen LogP contribution is 2.34. The molecule has 8 nitrogen and oxygen atoms in total. The van der Waals surface area contributed by atoms with Crippen LogP contribution in [0.15, 0.2) is 64.1 Å². The number of para-hydroxylation sites is 1.